The van der Waals surface area contributed by atoms with E-state index in [1.54, 1.807) is 0 Å². The summed E-state index contributed by atoms with van der Waals surface area (Å²) in [7, 11) is 0. The maximum Gasteiger partial charge on any atom is 0.306 e. The van der Waals surface area contributed by atoms with Crippen LogP contribution in [0.3, 0.4) is 0 Å². The van der Waals surface area contributed by atoms with Crippen molar-refractivity contribution in [1.29, 1.82) is 0 Å². The SMILES string of the molecule is C#CC(C=C/C=C\C)COC(=O)CCc1ccccc1. The molecule has 0 N–H and O–H groups in total. The highest BCUT2D eigenvalue weighted by atomic mass is 16.5. The zero-order valence-corrected chi connectivity index (χ0v) is 11.8. The van der Waals surface area contributed by atoms with Gasteiger partial charge in [-0.3, -0.25) is 4.79 Å². The molecule has 0 saturated carbocycles. The molecule has 0 aliphatic heterocycles. The summed E-state index contributed by atoms with van der Waals surface area (Å²) in [5.41, 5.74) is 1.13. The lowest BCUT2D eigenvalue weighted by atomic mass is 10.1. The number of benzene rings is 1. The van der Waals surface area contributed by atoms with E-state index in [-0.39, 0.29) is 18.5 Å². The molecular formula is C18H20O2. The van der Waals surface area contributed by atoms with Gasteiger partial charge in [0.15, 0.2) is 0 Å². The molecule has 2 nitrogen and oxygen atoms in total. The molecule has 1 aromatic rings. The topological polar surface area (TPSA) is 26.3 Å². The Hall–Kier alpha value is -2.27. The number of aryl methyl sites for hydroxylation is 1. The monoisotopic (exact) mass is 268 g/mol. The number of hydrogen-bond acceptors (Lipinski definition) is 2. The van der Waals surface area contributed by atoms with Gasteiger partial charge in [-0.05, 0) is 18.9 Å². The van der Waals surface area contributed by atoms with E-state index in [9.17, 15) is 4.79 Å². The number of rotatable bonds is 7. The van der Waals surface area contributed by atoms with E-state index in [0.29, 0.717) is 12.8 Å². The second-order valence-corrected chi connectivity index (χ2v) is 4.35. The Morgan fingerprint density at radius 2 is 2.10 bits per heavy atom. The van der Waals surface area contributed by atoms with Crippen molar-refractivity contribution < 1.29 is 9.53 Å². The summed E-state index contributed by atoms with van der Waals surface area (Å²) in [5, 5.41) is 0. The standard InChI is InChI=1S/C18H20O2/c1-3-5-7-10-16(4-2)15-20-18(19)14-13-17-11-8-6-9-12-17/h2-3,5-12,16H,13-15H2,1H3/b5-3-,10-7?. The average molecular weight is 268 g/mol. The van der Waals surface area contributed by atoms with Gasteiger partial charge in [-0.1, -0.05) is 60.6 Å². The molecule has 0 aliphatic carbocycles. The molecule has 0 aromatic heterocycles. The molecular weight excluding hydrogens is 248 g/mol. The Morgan fingerprint density at radius 3 is 2.75 bits per heavy atom. The van der Waals surface area contributed by atoms with Crippen molar-refractivity contribution in [3.63, 3.8) is 0 Å². The van der Waals surface area contributed by atoms with Gasteiger partial charge in [-0.15, -0.1) is 6.42 Å². The van der Waals surface area contributed by atoms with Crippen LogP contribution in [0.2, 0.25) is 0 Å². The lowest BCUT2D eigenvalue weighted by Crippen LogP contribution is -2.12. The molecule has 20 heavy (non-hydrogen) atoms. The quantitative estimate of drug-likeness (QED) is 0.429. The van der Waals surface area contributed by atoms with Gasteiger partial charge in [0.2, 0.25) is 0 Å². The summed E-state index contributed by atoms with van der Waals surface area (Å²) in [6, 6.07) is 9.87. The van der Waals surface area contributed by atoms with Crippen molar-refractivity contribution in [1.82, 2.24) is 0 Å². The number of ether oxygens (including phenoxy) is 1. The zero-order chi connectivity index (χ0) is 14.6. The van der Waals surface area contributed by atoms with Gasteiger partial charge < -0.3 is 4.74 Å². The Kier molecular flexibility index (Phi) is 7.60. The van der Waals surface area contributed by atoms with Gasteiger partial charge in [0, 0.05) is 6.42 Å². The van der Waals surface area contributed by atoms with Crippen LogP contribution in [0.5, 0.6) is 0 Å². The third-order valence-corrected chi connectivity index (χ3v) is 2.75. The highest BCUT2D eigenvalue weighted by Gasteiger charge is 2.07. The number of terminal acetylenes is 1. The third kappa shape index (κ3) is 6.61. The number of esters is 1. The van der Waals surface area contributed by atoms with Crippen LogP contribution in [-0.4, -0.2) is 12.6 Å². The molecule has 0 aliphatic rings. The van der Waals surface area contributed by atoms with E-state index in [2.05, 4.69) is 5.92 Å². The van der Waals surface area contributed by atoms with E-state index in [1.165, 1.54) is 0 Å². The van der Waals surface area contributed by atoms with Crippen LogP contribution >= 0.6 is 0 Å². The fourth-order valence-electron chi connectivity index (χ4n) is 1.61. The maximum atomic E-state index is 11.6. The lowest BCUT2D eigenvalue weighted by Gasteiger charge is -2.07. The van der Waals surface area contributed by atoms with Crippen LogP contribution in [0, 0.1) is 18.3 Å². The smallest absolute Gasteiger partial charge is 0.306 e. The second kappa shape index (κ2) is 9.63. The van der Waals surface area contributed by atoms with Crippen LogP contribution in [0.15, 0.2) is 54.6 Å². The summed E-state index contributed by atoms with van der Waals surface area (Å²) in [5.74, 6) is 2.20. The fourth-order valence-corrected chi connectivity index (χ4v) is 1.61. The van der Waals surface area contributed by atoms with Gasteiger partial charge in [0.25, 0.3) is 0 Å². The van der Waals surface area contributed by atoms with Crippen LogP contribution in [0.1, 0.15) is 18.9 Å². The van der Waals surface area contributed by atoms with Crippen LogP contribution < -0.4 is 0 Å². The van der Waals surface area contributed by atoms with Crippen molar-refractivity contribution in [2.45, 2.75) is 19.8 Å². The van der Waals surface area contributed by atoms with Crippen LogP contribution in [0.4, 0.5) is 0 Å². The number of carbonyl (C=O) groups excluding carboxylic acids is 1. The number of hydrogen-bond donors (Lipinski definition) is 0. The van der Waals surface area contributed by atoms with Gasteiger partial charge in [-0.25, -0.2) is 0 Å². The predicted octanol–water partition coefficient (Wildman–Crippen LogP) is 3.54. The van der Waals surface area contributed by atoms with E-state index < -0.39 is 0 Å². The summed E-state index contributed by atoms with van der Waals surface area (Å²) in [6.45, 7) is 2.16. The molecule has 1 unspecified atom stereocenters. The first kappa shape index (κ1) is 15.8. The highest BCUT2D eigenvalue weighted by molar-refractivity contribution is 5.69. The van der Waals surface area contributed by atoms with Crippen LogP contribution in [0.25, 0.3) is 0 Å². The van der Waals surface area contributed by atoms with Gasteiger partial charge in [0.05, 0.1) is 5.92 Å². The third-order valence-electron chi connectivity index (χ3n) is 2.75. The van der Waals surface area contributed by atoms with E-state index in [0.717, 1.165) is 5.56 Å². The molecule has 1 aromatic carbocycles. The van der Waals surface area contributed by atoms with Gasteiger partial charge in [-0.2, -0.15) is 0 Å². The molecule has 0 bridgehead atoms. The lowest BCUT2D eigenvalue weighted by molar-refractivity contribution is -0.144. The first-order valence-electron chi connectivity index (χ1n) is 6.71. The number of allylic oxidation sites excluding steroid dienone is 3. The first-order valence-corrected chi connectivity index (χ1v) is 6.71. The van der Waals surface area contributed by atoms with Crippen molar-refractivity contribution in [3.05, 3.63) is 60.2 Å². The van der Waals surface area contributed by atoms with Crippen molar-refractivity contribution >= 4 is 5.97 Å². The van der Waals surface area contributed by atoms with E-state index in [4.69, 9.17) is 11.2 Å². The molecule has 0 fully saturated rings. The van der Waals surface area contributed by atoms with Gasteiger partial charge >= 0.3 is 5.97 Å². The average Bonchev–Trinajstić information content (AvgIpc) is 2.49. The van der Waals surface area contributed by atoms with Gasteiger partial charge in [0.1, 0.15) is 6.61 Å². The Labute approximate surface area is 121 Å². The Bertz CT molecular complexity index is 492. The Balaban J connectivity index is 2.30. The molecule has 0 saturated heterocycles. The van der Waals surface area contributed by atoms with Crippen LogP contribution in [-0.2, 0) is 16.0 Å². The molecule has 1 atom stereocenters. The minimum Gasteiger partial charge on any atom is -0.464 e. The molecule has 0 heterocycles. The summed E-state index contributed by atoms with van der Waals surface area (Å²) < 4.78 is 5.19. The van der Waals surface area contributed by atoms with Crippen molar-refractivity contribution in [3.8, 4) is 12.3 Å². The minimum atomic E-state index is -0.214. The minimum absolute atomic E-state index is 0.174. The summed E-state index contributed by atoms with van der Waals surface area (Å²) >= 11 is 0. The second-order valence-electron chi connectivity index (χ2n) is 4.35. The maximum absolute atomic E-state index is 11.6. The molecule has 1 rings (SSSR count). The molecule has 0 spiro atoms. The zero-order valence-electron chi connectivity index (χ0n) is 11.8. The fraction of sp³-hybridized carbons (Fsp3) is 0.278. The van der Waals surface area contributed by atoms with E-state index >= 15 is 0 Å². The molecule has 0 amide bonds. The molecule has 0 radical (unpaired) electrons. The normalized spacial score (nSPS) is 12.4. The molecule has 104 valence electrons. The largest absolute Gasteiger partial charge is 0.464 e. The molecule has 2 heteroatoms. The summed E-state index contributed by atoms with van der Waals surface area (Å²) in [6.07, 6.45) is 14.0. The highest BCUT2D eigenvalue weighted by Crippen LogP contribution is 2.05. The number of carbonyl (C=O) groups is 1. The van der Waals surface area contributed by atoms with Crippen molar-refractivity contribution in [2.24, 2.45) is 5.92 Å². The predicted molar refractivity (Wildman–Crippen MR) is 82.0 cm³/mol. The van der Waals surface area contributed by atoms with E-state index in [1.807, 2.05) is 61.6 Å². The first-order chi connectivity index (χ1) is 9.76. The van der Waals surface area contributed by atoms with Crippen molar-refractivity contribution in [2.75, 3.05) is 6.61 Å². The summed E-state index contributed by atoms with van der Waals surface area (Å²) in [4.78, 5) is 11.6. The Morgan fingerprint density at radius 1 is 1.35 bits per heavy atom.